The molecule has 0 aromatic heterocycles. The Morgan fingerprint density at radius 3 is 2.65 bits per heavy atom. The molecule has 2 aromatic rings. The van der Waals surface area contributed by atoms with Crippen molar-refractivity contribution in [2.24, 2.45) is 0 Å². The molecule has 116 valence electrons. The first kappa shape index (κ1) is 15.0. The molecule has 2 aromatic carbocycles. The summed E-state index contributed by atoms with van der Waals surface area (Å²) in [6, 6.07) is 14.3. The van der Waals surface area contributed by atoms with Gasteiger partial charge in [-0.05, 0) is 47.7 Å². The number of carbonyl (C=O) groups is 1. The van der Waals surface area contributed by atoms with E-state index in [1.807, 2.05) is 18.2 Å². The van der Waals surface area contributed by atoms with Crippen LogP contribution in [0.3, 0.4) is 0 Å². The topological polar surface area (TPSA) is 72.2 Å². The summed E-state index contributed by atoms with van der Waals surface area (Å²) >= 11 is 0. The minimum atomic E-state index is -0.447. The van der Waals surface area contributed by atoms with Gasteiger partial charge in [0, 0.05) is 18.2 Å². The first-order valence-corrected chi connectivity index (χ1v) is 7.44. The molecule has 0 heterocycles. The van der Waals surface area contributed by atoms with Crippen molar-refractivity contribution >= 4 is 17.7 Å². The molecule has 0 radical (unpaired) electrons. The molecular formula is C18H16N2O3. The van der Waals surface area contributed by atoms with E-state index < -0.39 is 4.92 Å². The summed E-state index contributed by atoms with van der Waals surface area (Å²) in [6.07, 6.45) is 5.01. The van der Waals surface area contributed by atoms with Gasteiger partial charge in [0.1, 0.15) is 0 Å². The SMILES string of the molecule is O=C(/C=C/c1ccc([N+](=O)[O-])cc1)NC1CCc2ccccc21. The average Bonchev–Trinajstić information content (AvgIpc) is 2.96. The van der Waals surface area contributed by atoms with E-state index in [1.165, 1.54) is 29.3 Å². The quantitative estimate of drug-likeness (QED) is 0.534. The van der Waals surface area contributed by atoms with Gasteiger partial charge in [0.05, 0.1) is 11.0 Å². The van der Waals surface area contributed by atoms with Crippen LogP contribution in [0.5, 0.6) is 0 Å². The average molecular weight is 308 g/mol. The number of nitrogens with zero attached hydrogens (tertiary/aromatic N) is 1. The lowest BCUT2D eigenvalue weighted by atomic mass is 10.1. The van der Waals surface area contributed by atoms with E-state index in [1.54, 1.807) is 18.2 Å². The van der Waals surface area contributed by atoms with Crippen molar-refractivity contribution < 1.29 is 9.72 Å². The van der Waals surface area contributed by atoms with Crippen LogP contribution in [0, 0.1) is 10.1 Å². The zero-order valence-electron chi connectivity index (χ0n) is 12.4. The Morgan fingerprint density at radius 2 is 1.91 bits per heavy atom. The number of amides is 1. The number of rotatable bonds is 4. The summed E-state index contributed by atoms with van der Waals surface area (Å²) in [6.45, 7) is 0. The lowest BCUT2D eigenvalue weighted by Gasteiger charge is -2.12. The number of hydrogen-bond acceptors (Lipinski definition) is 3. The van der Waals surface area contributed by atoms with Gasteiger partial charge in [0.2, 0.25) is 5.91 Å². The largest absolute Gasteiger partial charge is 0.346 e. The molecule has 1 aliphatic rings. The minimum Gasteiger partial charge on any atom is -0.346 e. The minimum absolute atomic E-state index is 0.0363. The van der Waals surface area contributed by atoms with Gasteiger partial charge in [0.15, 0.2) is 0 Å². The number of benzene rings is 2. The molecule has 23 heavy (non-hydrogen) atoms. The highest BCUT2D eigenvalue weighted by Crippen LogP contribution is 2.30. The maximum Gasteiger partial charge on any atom is 0.269 e. The Hall–Kier alpha value is -2.95. The highest BCUT2D eigenvalue weighted by molar-refractivity contribution is 5.92. The molecule has 5 heteroatoms. The molecule has 1 amide bonds. The normalized spacial score (nSPS) is 16.3. The van der Waals surface area contributed by atoms with E-state index in [2.05, 4.69) is 11.4 Å². The number of nitrogens with one attached hydrogen (secondary N) is 1. The predicted octanol–water partition coefficient (Wildman–Crippen LogP) is 3.41. The summed E-state index contributed by atoms with van der Waals surface area (Å²) in [7, 11) is 0. The number of hydrogen-bond donors (Lipinski definition) is 1. The number of carbonyl (C=O) groups excluding carboxylic acids is 1. The van der Waals surface area contributed by atoms with E-state index in [0.29, 0.717) is 0 Å². The Kier molecular flexibility index (Phi) is 4.19. The molecule has 0 spiro atoms. The van der Waals surface area contributed by atoms with E-state index in [0.717, 1.165) is 18.4 Å². The molecule has 0 aliphatic heterocycles. The van der Waals surface area contributed by atoms with Crippen molar-refractivity contribution in [1.82, 2.24) is 5.32 Å². The number of aryl methyl sites for hydroxylation is 1. The van der Waals surface area contributed by atoms with Crippen LogP contribution in [0.15, 0.2) is 54.6 Å². The van der Waals surface area contributed by atoms with Crippen molar-refractivity contribution in [1.29, 1.82) is 0 Å². The van der Waals surface area contributed by atoms with E-state index in [9.17, 15) is 14.9 Å². The lowest BCUT2D eigenvalue weighted by molar-refractivity contribution is -0.384. The molecule has 1 N–H and O–H groups in total. The fraction of sp³-hybridized carbons (Fsp3) is 0.167. The number of nitro benzene ring substituents is 1. The van der Waals surface area contributed by atoms with Gasteiger partial charge in [-0.2, -0.15) is 0 Å². The molecule has 1 unspecified atom stereocenters. The van der Waals surface area contributed by atoms with E-state index >= 15 is 0 Å². The summed E-state index contributed by atoms with van der Waals surface area (Å²) in [5.41, 5.74) is 3.26. The monoisotopic (exact) mass is 308 g/mol. The van der Waals surface area contributed by atoms with Gasteiger partial charge in [-0.25, -0.2) is 0 Å². The van der Waals surface area contributed by atoms with Gasteiger partial charge in [-0.1, -0.05) is 24.3 Å². The molecule has 0 saturated carbocycles. The first-order chi connectivity index (χ1) is 11.1. The van der Waals surface area contributed by atoms with Crippen LogP contribution in [0.2, 0.25) is 0 Å². The molecule has 1 aliphatic carbocycles. The molecule has 0 fully saturated rings. The Morgan fingerprint density at radius 1 is 1.17 bits per heavy atom. The highest BCUT2D eigenvalue weighted by Gasteiger charge is 2.22. The highest BCUT2D eigenvalue weighted by atomic mass is 16.6. The fourth-order valence-corrected chi connectivity index (χ4v) is 2.81. The third-order valence-electron chi connectivity index (χ3n) is 3.98. The van der Waals surface area contributed by atoms with E-state index in [-0.39, 0.29) is 17.6 Å². The summed E-state index contributed by atoms with van der Waals surface area (Å²) in [5, 5.41) is 13.6. The third-order valence-corrected chi connectivity index (χ3v) is 3.98. The van der Waals surface area contributed by atoms with Gasteiger partial charge in [-0.3, -0.25) is 14.9 Å². The van der Waals surface area contributed by atoms with Crippen LogP contribution in [-0.4, -0.2) is 10.8 Å². The molecule has 1 atom stereocenters. The second-order valence-corrected chi connectivity index (χ2v) is 5.48. The zero-order valence-corrected chi connectivity index (χ0v) is 12.4. The van der Waals surface area contributed by atoms with Crippen LogP contribution in [0.25, 0.3) is 6.08 Å². The van der Waals surface area contributed by atoms with Gasteiger partial charge in [-0.15, -0.1) is 0 Å². The Labute approximate surface area is 133 Å². The molecular weight excluding hydrogens is 292 g/mol. The number of non-ortho nitro benzene ring substituents is 1. The van der Waals surface area contributed by atoms with Crippen LogP contribution < -0.4 is 5.32 Å². The summed E-state index contributed by atoms with van der Waals surface area (Å²) in [5.74, 6) is -0.162. The molecule has 0 bridgehead atoms. The van der Waals surface area contributed by atoms with Gasteiger partial charge >= 0.3 is 0 Å². The van der Waals surface area contributed by atoms with Crippen LogP contribution >= 0.6 is 0 Å². The molecule has 3 rings (SSSR count). The summed E-state index contributed by atoms with van der Waals surface area (Å²) in [4.78, 5) is 22.2. The van der Waals surface area contributed by atoms with Gasteiger partial charge in [0.25, 0.3) is 5.69 Å². The molecule has 5 nitrogen and oxygen atoms in total. The van der Waals surface area contributed by atoms with Gasteiger partial charge < -0.3 is 5.32 Å². The van der Waals surface area contributed by atoms with Crippen LogP contribution in [-0.2, 0) is 11.2 Å². The smallest absolute Gasteiger partial charge is 0.269 e. The Bertz CT molecular complexity index is 766. The predicted molar refractivity (Wildman–Crippen MR) is 87.8 cm³/mol. The summed E-state index contributed by atoms with van der Waals surface area (Å²) < 4.78 is 0. The fourth-order valence-electron chi connectivity index (χ4n) is 2.81. The maximum absolute atomic E-state index is 12.1. The number of nitro groups is 1. The van der Waals surface area contributed by atoms with Crippen molar-refractivity contribution in [2.75, 3.05) is 0 Å². The van der Waals surface area contributed by atoms with Crippen molar-refractivity contribution in [3.05, 3.63) is 81.4 Å². The molecule has 0 saturated heterocycles. The standard InChI is InChI=1S/C18H16N2O3/c21-18(12-7-13-5-9-15(10-6-13)20(22)23)19-17-11-8-14-3-1-2-4-16(14)17/h1-7,9-10,12,17H,8,11H2,(H,19,21)/b12-7+. The van der Waals surface area contributed by atoms with Crippen LogP contribution in [0.4, 0.5) is 5.69 Å². The van der Waals surface area contributed by atoms with Crippen LogP contribution in [0.1, 0.15) is 29.2 Å². The van der Waals surface area contributed by atoms with E-state index in [4.69, 9.17) is 0 Å². The Balaban J connectivity index is 1.62. The van der Waals surface area contributed by atoms with Crippen molar-refractivity contribution in [3.63, 3.8) is 0 Å². The third kappa shape index (κ3) is 3.45. The number of fused-ring (bicyclic) bond motifs is 1. The second-order valence-electron chi connectivity index (χ2n) is 5.48. The zero-order chi connectivity index (χ0) is 16.2. The lowest BCUT2D eigenvalue weighted by Crippen LogP contribution is -2.25. The van der Waals surface area contributed by atoms with Crippen molar-refractivity contribution in [3.8, 4) is 0 Å². The second kappa shape index (κ2) is 6.44. The maximum atomic E-state index is 12.1. The first-order valence-electron chi connectivity index (χ1n) is 7.44. The van der Waals surface area contributed by atoms with Crippen molar-refractivity contribution in [2.45, 2.75) is 18.9 Å².